The summed E-state index contributed by atoms with van der Waals surface area (Å²) in [4.78, 5) is 0. The average molecular weight is 195 g/mol. The summed E-state index contributed by atoms with van der Waals surface area (Å²) in [5.74, 6) is 1.59. The van der Waals surface area contributed by atoms with Crippen LogP contribution in [0.1, 0.15) is 18.6 Å². The van der Waals surface area contributed by atoms with Crippen LogP contribution in [0.25, 0.3) is 0 Å². The highest BCUT2D eigenvalue weighted by molar-refractivity contribution is 4.96. The zero-order valence-corrected chi connectivity index (χ0v) is 8.37. The van der Waals surface area contributed by atoms with E-state index in [9.17, 15) is 0 Å². The molecule has 0 spiro atoms. The molecule has 0 aliphatic carbocycles. The summed E-state index contributed by atoms with van der Waals surface area (Å²) in [5, 5.41) is 3.38. The van der Waals surface area contributed by atoms with E-state index in [0.717, 1.165) is 25.5 Å². The molecule has 2 rings (SSSR count). The molecule has 1 saturated heterocycles. The summed E-state index contributed by atoms with van der Waals surface area (Å²) in [5.41, 5.74) is 0. The monoisotopic (exact) mass is 195 g/mol. The van der Waals surface area contributed by atoms with Gasteiger partial charge in [0.2, 0.25) is 0 Å². The van der Waals surface area contributed by atoms with Crippen LogP contribution in [0.5, 0.6) is 0 Å². The third kappa shape index (κ3) is 2.86. The number of furan rings is 1. The van der Waals surface area contributed by atoms with Crippen molar-refractivity contribution in [1.29, 1.82) is 0 Å². The molecule has 14 heavy (non-hydrogen) atoms. The van der Waals surface area contributed by atoms with E-state index in [1.807, 2.05) is 12.1 Å². The molecule has 1 aromatic rings. The van der Waals surface area contributed by atoms with Crippen molar-refractivity contribution >= 4 is 0 Å². The molecule has 1 aromatic heterocycles. The van der Waals surface area contributed by atoms with E-state index in [-0.39, 0.29) is 0 Å². The lowest BCUT2D eigenvalue weighted by Gasteiger charge is -2.22. The first-order valence-corrected chi connectivity index (χ1v) is 5.26. The van der Waals surface area contributed by atoms with E-state index in [1.165, 1.54) is 12.8 Å². The van der Waals surface area contributed by atoms with Crippen LogP contribution >= 0.6 is 0 Å². The maximum Gasteiger partial charge on any atom is 0.129 e. The van der Waals surface area contributed by atoms with Crippen LogP contribution in [0.4, 0.5) is 0 Å². The van der Waals surface area contributed by atoms with Gasteiger partial charge in [0, 0.05) is 6.54 Å². The van der Waals surface area contributed by atoms with Crippen molar-refractivity contribution in [3.63, 3.8) is 0 Å². The van der Waals surface area contributed by atoms with Gasteiger partial charge in [0.15, 0.2) is 0 Å². The van der Waals surface area contributed by atoms with Gasteiger partial charge in [0.05, 0.1) is 12.9 Å². The van der Waals surface area contributed by atoms with Crippen LogP contribution in [0.15, 0.2) is 22.8 Å². The molecule has 0 amide bonds. The molecule has 0 bridgehead atoms. The first kappa shape index (κ1) is 9.74. The molecule has 1 atom stereocenters. The Morgan fingerprint density at radius 2 is 2.57 bits per heavy atom. The van der Waals surface area contributed by atoms with Crippen LogP contribution in [-0.4, -0.2) is 19.7 Å². The Balaban J connectivity index is 1.62. The smallest absolute Gasteiger partial charge is 0.129 e. The van der Waals surface area contributed by atoms with Gasteiger partial charge in [-0.3, -0.25) is 0 Å². The van der Waals surface area contributed by atoms with Crippen LogP contribution in [-0.2, 0) is 11.3 Å². The van der Waals surface area contributed by atoms with E-state index in [4.69, 9.17) is 9.15 Å². The quantitative estimate of drug-likeness (QED) is 0.795. The van der Waals surface area contributed by atoms with Crippen LogP contribution in [0.3, 0.4) is 0 Å². The van der Waals surface area contributed by atoms with E-state index in [1.54, 1.807) is 6.26 Å². The zero-order chi connectivity index (χ0) is 9.64. The minimum absolute atomic E-state index is 0.601. The van der Waals surface area contributed by atoms with E-state index >= 15 is 0 Å². The Morgan fingerprint density at radius 3 is 3.29 bits per heavy atom. The van der Waals surface area contributed by atoms with E-state index in [0.29, 0.717) is 12.5 Å². The fourth-order valence-electron chi connectivity index (χ4n) is 1.79. The molecule has 0 radical (unpaired) electrons. The first-order valence-electron chi connectivity index (χ1n) is 5.26. The molecule has 78 valence electrons. The van der Waals surface area contributed by atoms with Gasteiger partial charge in [-0.05, 0) is 37.4 Å². The fourth-order valence-corrected chi connectivity index (χ4v) is 1.79. The maximum atomic E-state index is 5.58. The first-order chi connectivity index (χ1) is 6.95. The summed E-state index contributed by atoms with van der Waals surface area (Å²) in [7, 11) is 0. The van der Waals surface area contributed by atoms with Crippen LogP contribution < -0.4 is 5.32 Å². The van der Waals surface area contributed by atoms with Crippen molar-refractivity contribution < 1.29 is 9.15 Å². The second kappa shape index (κ2) is 5.17. The highest BCUT2D eigenvalue weighted by Crippen LogP contribution is 2.11. The lowest BCUT2D eigenvalue weighted by molar-refractivity contribution is 0.0677. The minimum Gasteiger partial charge on any atom is -0.467 e. The van der Waals surface area contributed by atoms with Crippen molar-refractivity contribution in [3.05, 3.63) is 24.2 Å². The summed E-state index contributed by atoms with van der Waals surface area (Å²) in [6.45, 7) is 3.70. The van der Waals surface area contributed by atoms with Gasteiger partial charge in [-0.15, -0.1) is 0 Å². The molecule has 1 aliphatic rings. The summed E-state index contributed by atoms with van der Waals surface area (Å²) in [6, 6.07) is 3.83. The highest BCUT2D eigenvalue weighted by Gasteiger charge is 2.12. The SMILES string of the molecule is c1coc(COCC2CCCNC2)c1. The van der Waals surface area contributed by atoms with Gasteiger partial charge in [-0.2, -0.15) is 0 Å². The maximum absolute atomic E-state index is 5.58. The number of ether oxygens (including phenoxy) is 1. The molecule has 2 heterocycles. The number of hydrogen-bond donors (Lipinski definition) is 1. The summed E-state index contributed by atoms with van der Waals surface area (Å²) in [6.07, 6.45) is 4.24. The summed E-state index contributed by atoms with van der Waals surface area (Å²) >= 11 is 0. The fraction of sp³-hybridized carbons (Fsp3) is 0.636. The van der Waals surface area contributed by atoms with Gasteiger partial charge in [-0.25, -0.2) is 0 Å². The molecule has 1 fully saturated rings. The molecule has 3 nitrogen and oxygen atoms in total. The third-order valence-electron chi connectivity index (χ3n) is 2.58. The lowest BCUT2D eigenvalue weighted by Crippen LogP contribution is -2.32. The Hall–Kier alpha value is -0.800. The molecule has 1 unspecified atom stereocenters. The largest absolute Gasteiger partial charge is 0.467 e. The minimum atomic E-state index is 0.601. The molecule has 0 aromatic carbocycles. The molecular formula is C11H17NO2. The topological polar surface area (TPSA) is 34.4 Å². The Kier molecular flexibility index (Phi) is 3.60. The predicted molar refractivity (Wildman–Crippen MR) is 54.0 cm³/mol. The van der Waals surface area contributed by atoms with Gasteiger partial charge in [0.1, 0.15) is 12.4 Å². The molecular weight excluding hydrogens is 178 g/mol. The van der Waals surface area contributed by atoms with Crippen molar-refractivity contribution in [3.8, 4) is 0 Å². The second-order valence-corrected chi connectivity index (χ2v) is 3.81. The van der Waals surface area contributed by atoms with Crippen LogP contribution in [0, 0.1) is 5.92 Å². The Labute approximate surface area is 84.4 Å². The van der Waals surface area contributed by atoms with Gasteiger partial charge >= 0.3 is 0 Å². The normalized spacial score (nSPS) is 22.4. The zero-order valence-electron chi connectivity index (χ0n) is 8.37. The van der Waals surface area contributed by atoms with Gasteiger partial charge in [0.25, 0.3) is 0 Å². The van der Waals surface area contributed by atoms with Gasteiger partial charge < -0.3 is 14.5 Å². The van der Waals surface area contributed by atoms with Crippen molar-refractivity contribution in [1.82, 2.24) is 5.32 Å². The van der Waals surface area contributed by atoms with Gasteiger partial charge in [-0.1, -0.05) is 0 Å². The lowest BCUT2D eigenvalue weighted by atomic mass is 10.0. The highest BCUT2D eigenvalue weighted by atomic mass is 16.5. The standard InChI is InChI=1S/C11H17NO2/c1-3-10(7-12-5-1)8-13-9-11-4-2-6-14-11/h2,4,6,10,12H,1,3,5,7-9H2. The number of hydrogen-bond acceptors (Lipinski definition) is 3. The van der Waals surface area contributed by atoms with Crippen molar-refractivity contribution in [2.24, 2.45) is 5.92 Å². The number of piperidine rings is 1. The van der Waals surface area contributed by atoms with Crippen molar-refractivity contribution in [2.75, 3.05) is 19.7 Å². The molecule has 1 N–H and O–H groups in total. The third-order valence-corrected chi connectivity index (χ3v) is 2.58. The Bertz CT molecular complexity index is 240. The predicted octanol–water partition coefficient (Wildman–Crippen LogP) is 1.80. The van der Waals surface area contributed by atoms with E-state index in [2.05, 4.69) is 5.32 Å². The second-order valence-electron chi connectivity index (χ2n) is 3.81. The average Bonchev–Trinajstić information content (AvgIpc) is 2.72. The molecule has 0 saturated carbocycles. The Morgan fingerprint density at radius 1 is 1.57 bits per heavy atom. The number of nitrogens with one attached hydrogen (secondary N) is 1. The van der Waals surface area contributed by atoms with Crippen LogP contribution in [0.2, 0.25) is 0 Å². The van der Waals surface area contributed by atoms with Crippen molar-refractivity contribution in [2.45, 2.75) is 19.4 Å². The van der Waals surface area contributed by atoms with E-state index < -0.39 is 0 Å². The number of rotatable bonds is 4. The summed E-state index contributed by atoms with van der Waals surface area (Å²) < 4.78 is 10.8. The molecule has 3 heteroatoms. The molecule has 1 aliphatic heterocycles.